The Labute approximate surface area is 128 Å². The van der Waals surface area contributed by atoms with Gasteiger partial charge in [0, 0.05) is 17.1 Å². The molecule has 1 aromatic heterocycles. The van der Waals surface area contributed by atoms with Crippen molar-refractivity contribution in [2.75, 3.05) is 0 Å². The topological polar surface area (TPSA) is 12.9 Å². The van der Waals surface area contributed by atoms with Gasteiger partial charge in [-0.25, -0.2) is 4.39 Å². The summed E-state index contributed by atoms with van der Waals surface area (Å²) in [6.07, 6.45) is 1.71. The Kier molecular flexibility index (Phi) is 2.90. The maximum atomic E-state index is 14.0. The van der Waals surface area contributed by atoms with Crippen LogP contribution in [0.15, 0.2) is 66.9 Å². The molecule has 0 atom stereocenters. The van der Waals surface area contributed by atoms with Crippen LogP contribution in [0.2, 0.25) is 0 Å². The molecule has 4 rings (SSSR count). The number of hydrogen-bond donors (Lipinski definition) is 0. The van der Waals surface area contributed by atoms with E-state index in [-0.39, 0.29) is 5.82 Å². The molecule has 0 aliphatic rings. The van der Waals surface area contributed by atoms with Crippen LogP contribution in [0.3, 0.4) is 0 Å². The fraction of sp³-hybridized carbons (Fsp3) is 0.0500. The van der Waals surface area contributed by atoms with E-state index < -0.39 is 0 Å². The lowest BCUT2D eigenvalue weighted by Gasteiger charge is -2.11. The minimum absolute atomic E-state index is 0.233. The monoisotopic (exact) mass is 287 g/mol. The van der Waals surface area contributed by atoms with Gasteiger partial charge in [0.2, 0.25) is 0 Å². The Hall–Kier alpha value is -2.74. The molecular formula is C20H14FN. The Bertz CT molecular complexity index is 1000. The molecule has 0 fully saturated rings. The van der Waals surface area contributed by atoms with Crippen molar-refractivity contribution in [2.45, 2.75) is 6.92 Å². The lowest BCUT2D eigenvalue weighted by molar-refractivity contribution is 0.639. The van der Waals surface area contributed by atoms with E-state index in [1.165, 1.54) is 17.0 Å². The maximum Gasteiger partial charge on any atom is 0.132 e. The third-order valence-electron chi connectivity index (χ3n) is 4.01. The number of hydrogen-bond acceptors (Lipinski definition) is 1. The minimum atomic E-state index is -0.233. The van der Waals surface area contributed by atoms with E-state index in [9.17, 15) is 4.39 Å². The van der Waals surface area contributed by atoms with Gasteiger partial charge < -0.3 is 0 Å². The van der Waals surface area contributed by atoms with Gasteiger partial charge in [-0.2, -0.15) is 0 Å². The molecule has 0 radical (unpaired) electrons. The first kappa shape index (κ1) is 13.0. The molecule has 4 aromatic rings. The van der Waals surface area contributed by atoms with Crippen molar-refractivity contribution in [3.8, 4) is 11.1 Å². The van der Waals surface area contributed by atoms with E-state index in [0.717, 1.165) is 16.5 Å². The second-order valence-corrected chi connectivity index (χ2v) is 5.53. The first-order valence-electron chi connectivity index (χ1n) is 7.27. The highest BCUT2D eigenvalue weighted by Crippen LogP contribution is 2.34. The fourth-order valence-electron chi connectivity index (χ4n) is 3.04. The molecule has 22 heavy (non-hydrogen) atoms. The standard InChI is InChI=1S/C20H14FN/c1-13-11-14-5-2-3-6-15(14)18(12-13)16-8-9-19(21)17-7-4-10-22-20(16)17/h2-12H,1H3. The predicted octanol–water partition coefficient (Wildman–Crippen LogP) is 5.50. The van der Waals surface area contributed by atoms with Crippen molar-refractivity contribution in [1.29, 1.82) is 0 Å². The molecular weight excluding hydrogens is 273 g/mol. The number of aryl methyl sites for hydroxylation is 1. The van der Waals surface area contributed by atoms with Crippen LogP contribution in [0.1, 0.15) is 5.56 Å². The number of aromatic nitrogens is 1. The van der Waals surface area contributed by atoms with Crippen molar-refractivity contribution in [1.82, 2.24) is 4.98 Å². The first-order chi connectivity index (χ1) is 10.7. The first-order valence-corrected chi connectivity index (χ1v) is 7.27. The summed E-state index contributed by atoms with van der Waals surface area (Å²) in [4.78, 5) is 4.41. The summed E-state index contributed by atoms with van der Waals surface area (Å²) in [5.41, 5.74) is 3.96. The van der Waals surface area contributed by atoms with Crippen molar-refractivity contribution in [3.05, 3.63) is 78.2 Å². The molecule has 1 nitrogen and oxygen atoms in total. The molecule has 0 aliphatic carbocycles. The zero-order valence-electron chi connectivity index (χ0n) is 12.2. The molecule has 0 N–H and O–H groups in total. The molecule has 0 bridgehead atoms. The molecule has 1 heterocycles. The normalized spacial score (nSPS) is 11.2. The summed E-state index contributed by atoms with van der Waals surface area (Å²) < 4.78 is 14.0. The van der Waals surface area contributed by atoms with Gasteiger partial charge in [0.25, 0.3) is 0 Å². The molecule has 106 valence electrons. The third-order valence-corrected chi connectivity index (χ3v) is 4.01. The van der Waals surface area contributed by atoms with Gasteiger partial charge in [-0.15, -0.1) is 0 Å². The van der Waals surface area contributed by atoms with Crippen LogP contribution in [0.5, 0.6) is 0 Å². The number of benzene rings is 3. The van der Waals surface area contributed by atoms with E-state index in [1.807, 2.05) is 18.2 Å². The van der Waals surface area contributed by atoms with Crippen molar-refractivity contribution in [2.24, 2.45) is 0 Å². The van der Waals surface area contributed by atoms with Gasteiger partial charge in [0.15, 0.2) is 0 Å². The third kappa shape index (κ3) is 1.96. The molecule has 0 saturated heterocycles. The van der Waals surface area contributed by atoms with Gasteiger partial charge in [0.05, 0.1) is 5.52 Å². The second kappa shape index (κ2) is 4.92. The average molecular weight is 287 g/mol. The summed E-state index contributed by atoms with van der Waals surface area (Å²) in [5, 5.41) is 2.91. The number of nitrogens with zero attached hydrogens (tertiary/aromatic N) is 1. The zero-order valence-corrected chi connectivity index (χ0v) is 12.2. The predicted molar refractivity (Wildman–Crippen MR) is 89.4 cm³/mol. The van der Waals surface area contributed by atoms with Crippen LogP contribution in [0.4, 0.5) is 4.39 Å². The summed E-state index contributed by atoms with van der Waals surface area (Å²) in [7, 11) is 0. The highest BCUT2D eigenvalue weighted by Gasteiger charge is 2.11. The summed E-state index contributed by atoms with van der Waals surface area (Å²) in [5.74, 6) is -0.233. The second-order valence-electron chi connectivity index (χ2n) is 5.53. The Balaban J connectivity index is 2.15. The average Bonchev–Trinajstić information content (AvgIpc) is 2.55. The number of halogens is 1. The molecule has 2 heteroatoms. The quantitative estimate of drug-likeness (QED) is 0.450. The summed E-state index contributed by atoms with van der Waals surface area (Å²) in [6, 6.07) is 19.5. The maximum absolute atomic E-state index is 14.0. The molecule has 0 spiro atoms. The minimum Gasteiger partial charge on any atom is -0.255 e. The molecule has 3 aromatic carbocycles. The van der Waals surface area contributed by atoms with E-state index in [4.69, 9.17) is 0 Å². The van der Waals surface area contributed by atoms with Gasteiger partial charge in [0.1, 0.15) is 5.82 Å². The molecule has 0 aliphatic heterocycles. The van der Waals surface area contributed by atoms with Gasteiger partial charge in [-0.05, 0) is 53.1 Å². The Morgan fingerprint density at radius 2 is 1.64 bits per heavy atom. The van der Waals surface area contributed by atoms with Crippen LogP contribution < -0.4 is 0 Å². The van der Waals surface area contributed by atoms with E-state index in [2.05, 4.69) is 36.2 Å². The molecule has 0 saturated carbocycles. The van der Waals surface area contributed by atoms with Crippen molar-refractivity contribution < 1.29 is 4.39 Å². The van der Waals surface area contributed by atoms with Crippen molar-refractivity contribution >= 4 is 21.7 Å². The number of fused-ring (bicyclic) bond motifs is 2. The van der Waals surface area contributed by atoms with Crippen LogP contribution in [-0.2, 0) is 0 Å². The van der Waals surface area contributed by atoms with Crippen LogP contribution >= 0.6 is 0 Å². The highest BCUT2D eigenvalue weighted by atomic mass is 19.1. The van der Waals surface area contributed by atoms with Crippen LogP contribution in [0, 0.1) is 12.7 Å². The summed E-state index contributed by atoms with van der Waals surface area (Å²) in [6.45, 7) is 2.08. The zero-order chi connectivity index (χ0) is 15.1. The van der Waals surface area contributed by atoms with Gasteiger partial charge >= 0.3 is 0 Å². The lowest BCUT2D eigenvalue weighted by atomic mass is 9.94. The van der Waals surface area contributed by atoms with E-state index >= 15 is 0 Å². The van der Waals surface area contributed by atoms with Crippen LogP contribution in [0.25, 0.3) is 32.8 Å². The molecule has 0 unspecified atom stereocenters. The van der Waals surface area contributed by atoms with Crippen molar-refractivity contribution in [3.63, 3.8) is 0 Å². The van der Waals surface area contributed by atoms with E-state index in [0.29, 0.717) is 10.9 Å². The van der Waals surface area contributed by atoms with Crippen LogP contribution in [-0.4, -0.2) is 4.98 Å². The number of pyridine rings is 1. The highest BCUT2D eigenvalue weighted by molar-refractivity contribution is 6.04. The molecule has 0 amide bonds. The van der Waals surface area contributed by atoms with Gasteiger partial charge in [-0.1, -0.05) is 36.4 Å². The Morgan fingerprint density at radius 1 is 0.818 bits per heavy atom. The largest absolute Gasteiger partial charge is 0.255 e. The fourth-order valence-corrected chi connectivity index (χ4v) is 3.04. The Morgan fingerprint density at radius 3 is 2.55 bits per heavy atom. The van der Waals surface area contributed by atoms with Gasteiger partial charge in [-0.3, -0.25) is 4.98 Å². The number of rotatable bonds is 1. The smallest absolute Gasteiger partial charge is 0.132 e. The summed E-state index contributed by atoms with van der Waals surface area (Å²) >= 11 is 0. The lowest BCUT2D eigenvalue weighted by Crippen LogP contribution is -1.90. The van der Waals surface area contributed by atoms with E-state index in [1.54, 1.807) is 18.3 Å². The SMILES string of the molecule is Cc1cc(-c2ccc(F)c3cccnc23)c2ccccc2c1.